The summed E-state index contributed by atoms with van der Waals surface area (Å²) in [6.45, 7) is 0.754. The average molecular weight is 547 g/mol. The number of hydrogen-bond donors (Lipinski definition) is 2. The van der Waals surface area contributed by atoms with Crippen LogP contribution in [0.3, 0.4) is 0 Å². The maximum absolute atomic E-state index is 12.6. The molecule has 0 radical (unpaired) electrons. The van der Waals surface area contributed by atoms with E-state index in [-0.39, 0.29) is 40.5 Å². The van der Waals surface area contributed by atoms with E-state index in [1.165, 1.54) is 12.8 Å². The number of carboxylic acids is 1. The second-order valence-corrected chi connectivity index (χ2v) is 9.57. The number of hydrogen-bond acceptors (Lipinski definition) is 6. The number of fused-ring (bicyclic) bond motifs is 1. The van der Waals surface area contributed by atoms with Crippen molar-refractivity contribution in [2.24, 2.45) is 0 Å². The SMILES string of the molecule is COc1nc(C2CC2)ccc1CCNC(=O)c1ccc(Oc2cc3c(cc2Cl)C(C(=O)O)CCO3)cc1.[NaH]. The van der Waals surface area contributed by atoms with E-state index in [4.69, 9.17) is 25.8 Å². The molecule has 3 aromatic rings. The molecule has 5 rings (SSSR count). The molecule has 38 heavy (non-hydrogen) atoms. The van der Waals surface area contributed by atoms with Crippen molar-refractivity contribution in [1.29, 1.82) is 0 Å². The molecule has 2 heterocycles. The van der Waals surface area contributed by atoms with Crippen LogP contribution in [0, 0.1) is 0 Å². The molecule has 0 spiro atoms. The van der Waals surface area contributed by atoms with Gasteiger partial charge in [0.2, 0.25) is 5.88 Å². The Bertz CT molecular complexity index is 1330. The Morgan fingerprint density at radius 1 is 1.13 bits per heavy atom. The van der Waals surface area contributed by atoms with Crippen molar-refractivity contribution in [3.8, 4) is 23.1 Å². The van der Waals surface area contributed by atoms with Crippen LogP contribution in [0.25, 0.3) is 0 Å². The fourth-order valence-electron chi connectivity index (χ4n) is 4.40. The Balaban J connectivity index is 0.00000336. The monoisotopic (exact) mass is 546 g/mol. The van der Waals surface area contributed by atoms with Crippen molar-refractivity contribution in [3.63, 3.8) is 0 Å². The zero-order valence-corrected chi connectivity index (χ0v) is 21.1. The van der Waals surface area contributed by atoms with E-state index in [1.807, 2.05) is 12.1 Å². The molecule has 1 amide bonds. The van der Waals surface area contributed by atoms with Gasteiger partial charge in [-0.3, -0.25) is 9.59 Å². The van der Waals surface area contributed by atoms with Crippen LogP contribution >= 0.6 is 11.6 Å². The summed E-state index contributed by atoms with van der Waals surface area (Å²) in [5, 5.41) is 12.7. The van der Waals surface area contributed by atoms with E-state index < -0.39 is 11.9 Å². The molecule has 2 N–H and O–H groups in total. The number of amides is 1. The molecule has 1 aromatic heterocycles. The van der Waals surface area contributed by atoms with Gasteiger partial charge in [-0.1, -0.05) is 17.7 Å². The van der Waals surface area contributed by atoms with Gasteiger partial charge in [-0.05, 0) is 62.1 Å². The number of carbonyl (C=O) groups excluding carboxylic acids is 1. The fraction of sp³-hybridized carbons (Fsp3) is 0.321. The van der Waals surface area contributed by atoms with Crippen LogP contribution in [-0.2, 0) is 11.2 Å². The number of ether oxygens (including phenoxy) is 3. The minimum absolute atomic E-state index is 0. The molecule has 1 unspecified atom stereocenters. The quantitative estimate of drug-likeness (QED) is 0.375. The summed E-state index contributed by atoms with van der Waals surface area (Å²) >= 11 is 6.37. The molecule has 1 aliphatic carbocycles. The van der Waals surface area contributed by atoms with Gasteiger partial charge in [0.05, 0.1) is 24.7 Å². The van der Waals surface area contributed by atoms with Gasteiger partial charge in [0.15, 0.2) is 0 Å². The van der Waals surface area contributed by atoms with Gasteiger partial charge in [-0.25, -0.2) is 4.98 Å². The summed E-state index contributed by atoms with van der Waals surface area (Å²) < 4.78 is 17.0. The van der Waals surface area contributed by atoms with Crippen LogP contribution in [-0.4, -0.2) is 71.8 Å². The summed E-state index contributed by atoms with van der Waals surface area (Å²) in [6.07, 6.45) is 3.35. The molecule has 1 fully saturated rings. The van der Waals surface area contributed by atoms with Crippen LogP contribution in [0.1, 0.15) is 58.3 Å². The van der Waals surface area contributed by atoms with Crippen LogP contribution < -0.4 is 19.5 Å². The van der Waals surface area contributed by atoms with Crippen molar-refractivity contribution in [3.05, 3.63) is 75.9 Å². The molecule has 194 valence electrons. The molecule has 1 atom stereocenters. The number of aliphatic carboxylic acids is 1. The fourth-order valence-corrected chi connectivity index (χ4v) is 4.61. The molecule has 2 aliphatic rings. The van der Waals surface area contributed by atoms with Gasteiger partial charge >= 0.3 is 35.5 Å². The number of carbonyl (C=O) groups is 2. The molecule has 1 aliphatic heterocycles. The van der Waals surface area contributed by atoms with E-state index in [0.717, 1.165) is 11.3 Å². The van der Waals surface area contributed by atoms with Gasteiger partial charge < -0.3 is 24.6 Å². The van der Waals surface area contributed by atoms with Crippen molar-refractivity contribution in [2.75, 3.05) is 20.3 Å². The third kappa shape index (κ3) is 6.43. The van der Waals surface area contributed by atoms with Crippen LogP contribution in [0.2, 0.25) is 5.02 Å². The van der Waals surface area contributed by atoms with Gasteiger partial charge in [-0.2, -0.15) is 0 Å². The summed E-state index contributed by atoms with van der Waals surface area (Å²) in [5.41, 5.74) is 3.05. The minimum atomic E-state index is -0.912. The number of halogens is 1. The number of benzene rings is 2. The second kappa shape index (κ2) is 12.4. The first-order chi connectivity index (χ1) is 17.9. The van der Waals surface area contributed by atoms with Crippen molar-refractivity contribution < 1.29 is 28.9 Å². The number of rotatable bonds is 9. The second-order valence-electron chi connectivity index (χ2n) is 9.16. The van der Waals surface area contributed by atoms with Crippen LogP contribution in [0.15, 0.2) is 48.5 Å². The van der Waals surface area contributed by atoms with Gasteiger partial charge in [0.25, 0.3) is 5.91 Å². The van der Waals surface area contributed by atoms with Crippen molar-refractivity contribution >= 4 is 53.0 Å². The zero-order valence-electron chi connectivity index (χ0n) is 20.3. The molecule has 0 saturated heterocycles. The summed E-state index contributed by atoms with van der Waals surface area (Å²) in [4.78, 5) is 28.8. The van der Waals surface area contributed by atoms with E-state index >= 15 is 0 Å². The van der Waals surface area contributed by atoms with Crippen LogP contribution in [0.5, 0.6) is 23.1 Å². The first kappa shape index (κ1) is 28.2. The number of carboxylic acid groups (broad SMARTS) is 1. The number of methoxy groups -OCH3 is 1. The number of nitrogens with one attached hydrogen (secondary N) is 1. The molecule has 8 nitrogen and oxygen atoms in total. The van der Waals surface area contributed by atoms with E-state index in [1.54, 1.807) is 43.5 Å². The number of aromatic nitrogens is 1. The van der Waals surface area contributed by atoms with Crippen LogP contribution in [0.4, 0.5) is 0 Å². The first-order valence-corrected chi connectivity index (χ1v) is 12.6. The van der Waals surface area contributed by atoms with E-state index in [2.05, 4.69) is 10.3 Å². The Kier molecular flexibility index (Phi) is 9.20. The predicted octanol–water partition coefficient (Wildman–Crippen LogP) is 4.69. The Labute approximate surface area is 247 Å². The molecule has 0 bridgehead atoms. The van der Waals surface area contributed by atoms with Crippen molar-refractivity contribution in [1.82, 2.24) is 10.3 Å². The molecule has 2 aromatic carbocycles. The zero-order chi connectivity index (χ0) is 25.9. The third-order valence-corrected chi connectivity index (χ3v) is 6.87. The Hall–Kier alpha value is -2.78. The molecule has 1 saturated carbocycles. The maximum atomic E-state index is 12.6. The topological polar surface area (TPSA) is 107 Å². The predicted molar refractivity (Wildman–Crippen MR) is 144 cm³/mol. The first-order valence-electron chi connectivity index (χ1n) is 12.2. The molecular weight excluding hydrogens is 519 g/mol. The van der Waals surface area contributed by atoms with E-state index in [0.29, 0.717) is 66.2 Å². The standard InChI is InChI=1S/C28H27ClN2O6.Na.H/c1-35-27-18(6-9-23(31-27)16-2-3-16)10-12-30-26(32)17-4-7-19(8-5-17)37-25-15-24-21(14-22(25)29)20(28(33)34)11-13-36-24;;/h4-9,14-16,20H,2-3,10-13H2,1H3,(H,30,32)(H,33,34);;. The summed E-state index contributed by atoms with van der Waals surface area (Å²) in [6, 6.07) is 13.9. The molecule has 10 heteroatoms. The van der Waals surface area contributed by atoms with Gasteiger partial charge in [0, 0.05) is 40.9 Å². The normalized spacial score (nSPS) is 15.9. The number of pyridine rings is 1. The third-order valence-electron chi connectivity index (χ3n) is 6.58. The Morgan fingerprint density at radius 3 is 2.58 bits per heavy atom. The average Bonchev–Trinajstić information content (AvgIpc) is 3.75. The van der Waals surface area contributed by atoms with E-state index in [9.17, 15) is 14.7 Å². The summed E-state index contributed by atoms with van der Waals surface area (Å²) in [7, 11) is 1.61. The Morgan fingerprint density at radius 2 is 1.89 bits per heavy atom. The van der Waals surface area contributed by atoms with Gasteiger partial charge in [-0.15, -0.1) is 0 Å². The molecular formula is C28H28ClN2NaO6. The van der Waals surface area contributed by atoms with Crippen molar-refractivity contribution in [2.45, 2.75) is 37.5 Å². The summed E-state index contributed by atoms with van der Waals surface area (Å²) in [5.74, 6) is 0.670. The number of nitrogens with zero attached hydrogens (tertiary/aromatic N) is 1. The van der Waals surface area contributed by atoms with Gasteiger partial charge in [0.1, 0.15) is 17.2 Å².